The Bertz CT molecular complexity index is 819. The van der Waals surface area contributed by atoms with Crippen molar-refractivity contribution in [3.63, 3.8) is 0 Å². The molecule has 0 aromatic heterocycles. The summed E-state index contributed by atoms with van der Waals surface area (Å²) in [6, 6.07) is 11.0. The first kappa shape index (κ1) is 23.1. The Kier molecular flexibility index (Phi) is 6.38. The van der Waals surface area contributed by atoms with E-state index in [0.717, 1.165) is 45.3 Å². The van der Waals surface area contributed by atoms with E-state index in [-0.39, 0.29) is 16.6 Å². The zero-order valence-corrected chi connectivity index (χ0v) is 21.8. The van der Waals surface area contributed by atoms with Crippen molar-refractivity contribution in [2.45, 2.75) is 83.2 Å². The Morgan fingerprint density at radius 3 is 2.41 bits per heavy atom. The number of ether oxygens (including phenoxy) is 2. The number of hydrogen-bond donors (Lipinski definition) is 0. The molecule has 1 aliphatic heterocycles. The standard InChI is InChI=1S/C28H40O3Se/c1-20-9-13-26(2,25(29)19-20)23-10-14-27(3)24(11-15-28(27)30-16-17-31-28)22(23)12-18-32-21-7-5-4-6-8-21/h4-8,20,22-24H,9-19H2,1-3H3/t20-,22+,23?,24?,26+,27-/m0/s1. The Balaban J connectivity index is 1.41. The summed E-state index contributed by atoms with van der Waals surface area (Å²) in [5.74, 6) is 2.47. The molecule has 1 spiro atoms. The van der Waals surface area contributed by atoms with E-state index in [4.69, 9.17) is 9.47 Å². The zero-order chi connectivity index (χ0) is 22.4. The molecule has 176 valence electrons. The van der Waals surface area contributed by atoms with E-state index in [0.29, 0.717) is 44.4 Å². The van der Waals surface area contributed by atoms with Gasteiger partial charge in [0.15, 0.2) is 0 Å². The fourth-order valence-corrected chi connectivity index (χ4v) is 9.97. The molecule has 1 heterocycles. The van der Waals surface area contributed by atoms with Gasteiger partial charge in [0.1, 0.15) is 0 Å². The third-order valence-electron chi connectivity index (χ3n) is 9.84. The molecule has 0 N–H and O–H groups in total. The summed E-state index contributed by atoms with van der Waals surface area (Å²) >= 11 is 0.502. The van der Waals surface area contributed by atoms with Crippen LogP contribution < -0.4 is 4.46 Å². The van der Waals surface area contributed by atoms with Crippen molar-refractivity contribution in [2.75, 3.05) is 13.2 Å². The topological polar surface area (TPSA) is 35.5 Å². The molecule has 0 radical (unpaired) electrons. The number of carbonyl (C=O) groups is 1. The van der Waals surface area contributed by atoms with Gasteiger partial charge in [-0.25, -0.2) is 0 Å². The molecular formula is C28H40O3Se. The summed E-state index contributed by atoms with van der Waals surface area (Å²) < 4.78 is 14.2. The molecule has 32 heavy (non-hydrogen) atoms. The van der Waals surface area contributed by atoms with Gasteiger partial charge in [-0.15, -0.1) is 0 Å². The predicted octanol–water partition coefficient (Wildman–Crippen LogP) is 5.41. The maximum absolute atomic E-state index is 13.4. The fraction of sp³-hybridized carbons (Fsp3) is 0.750. The maximum atomic E-state index is 13.4. The first-order chi connectivity index (χ1) is 15.4. The molecule has 5 rings (SSSR count). The Labute approximate surface area is 200 Å². The molecule has 4 heteroatoms. The minimum absolute atomic E-state index is 0.0891. The average molecular weight is 504 g/mol. The van der Waals surface area contributed by atoms with Crippen LogP contribution in [0.4, 0.5) is 0 Å². The first-order valence-electron chi connectivity index (χ1n) is 12.9. The molecule has 1 aromatic carbocycles. The number of fused-ring (bicyclic) bond motifs is 2. The van der Waals surface area contributed by atoms with Crippen LogP contribution in [-0.4, -0.2) is 39.7 Å². The number of rotatable bonds is 5. The second-order valence-electron chi connectivity index (χ2n) is 11.5. The van der Waals surface area contributed by atoms with Crippen LogP contribution in [0.3, 0.4) is 0 Å². The van der Waals surface area contributed by atoms with Gasteiger partial charge in [0, 0.05) is 0 Å². The van der Waals surface area contributed by atoms with Gasteiger partial charge >= 0.3 is 201 Å². The molecule has 0 bridgehead atoms. The third-order valence-corrected chi connectivity index (χ3v) is 12.0. The third kappa shape index (κ3) is 3.74. The number of hydrogen-bond acceptors (Lipinski definition) is 3. The van der Waals surface area contributed by atoms with E-state index in [1.165, 1.54) is 29.0 Å². The monoisotopic (exact) mass is 504 g/mol. The van der Waals surface area contributed by atoms with Crippen LogP contribution in [0.15, 0.2) is 30.3 Å². The van der Waals surface area contributed by atoms with Crippen molar-refractivity contribution >= 4 is 25.2 Å². The van der Waals surface area contributed by atoms with E-state index in [1.807, 2.05) is 0 Å². The van der Waals surface area contributed by atoms with Gasteiger partial charge < -0.3 is 0 Å². The predicted molar refractivity (Wildman–Crippen MR) is 129 cm³/mol. The molecule has 2 unspecified atom stereocenters. The van der Waals surface area contributed by atoms with Crippen LogP contribution in [0.2, 0.25) is 5.32 Å². The SMILES string of the molecule is C[C@H]1CC[C@](C)(C2CC[C@@]3(C)C(CCC34OCCO4)[C@@H]2CC[Se]c2ccccc2)C(=O)C1. The summed E-state index contributed by atoms with van der Waals surface area (Å²) in [7, 11) is 0. The number of Topliss-reactive ketones (excluding diaryl/α,β-unsaturated/α-hetero) is 1. The molecular weight excluding hydrogens is 463 g/mol. The van der Waals surface area contributed by atoms with Crippen LogP contribution in [0.1, 0.15) is 72.1 Å². The van der Waals surface area contributed by atoms with Crippen molar-refractivity contribution in [2.24, 2.45) is 34.5 Å². The van der Waals surface area contributed by atoms with E-state index in [2.05, 4.69) is 51.1 Å². The fourth-order valence-electron chi connectivity index (χ4n) is 7.93. The van der Waals surface area contributed by atoms with E-state index in [9.17, 15) is 4.79 Å². The summed E-state index contributed by atoms with van der Waals surface area (Å²) in [4.78, 5) is 13.4. The van der Waals surface area contributed by atoms with Gasteiger partial charge in [-0.3, -0.25) is 0 Å². The molecule has 0 amide bonds. The Morgan fingerprint density at radius 2 is 1.69 bits per heavy atom. The van der Waals surface area contributed by atoms with Crippen LogP contribution in [-0.2, 0) is 14.3 Å². The van der Waals surface area contributed by atoms with E-state index < -0.39 is 0 Å². The van der Waals surface area contributed by atoms with E-state index in [1.54, 1.807) is 0 Å². The van der Waals surface area contributed by atoms with E-state index >= 15 is 0 Å². The van der Waals surface area contributed by atoms with Crippen LogP contribution >= 0.6 is 0 Å². The Morgan fingerprint density at radius 1 is 0.969 bits per heavy atom. The van der Waals surface area contributed by atoms with Gasteiger partial charge in [0.05, 0.1) is 0 Å². The molecule has 3 saturated carbocycles. The molecule has 3 aliphatic carbocycles. The zero-order valence-electron chi connectivity index (χ0n) is 20.1. The van der Waals surface area contributed by atoms with Crippen LogP contribution in [0.5, 0.6) is 0 Å². The molecule has 1 aromatic rings. The van der Waals surface area contributed by atoms with Gasteiger partial charge in [0.25, 0.3) is 0 Å². The quantitative estimate of drug-likeness (QED) is 0.505. The normalized spacial score (nSPS) is 41.2. The molecule has 4 fully saturated rings. The number of ketones is 1. The second-order valence-corrected chi connectivity index (χ2v) is 13.9. The minimum atomic E-state index is -0.364. The molecule has 1 saturated heterocycles. The molecule has 6 atom stereocenters. The summed E-state index contributed by atoms with van der Waals surface area (Å²) in [6.45, 7) is 8.51. The van der Waals surface area contributed by atoms with Crippen molar-refractivity contribution in [1.82, 2.24) is 0 Å². The van der Waals surface area contributed by atoms with Crippen molar-refractivity contribution < 1.29 is 14.3 Å². The second kappa shape index (κ2) is 8.84. The summed E-state index contributed by atoms with van der Waals surface area (Å²) in [5.41, 5.74) is -0.0445. The molecule has 4 aliphatic rings. The number of benzene rings is 1. The van der Waals surface area contributed by atoms with Crippen LogP contribution in [0.25, 0.3) is 0 Å². The molecule has 3 nitrogen and oxygen atoms in total. The van der Waals surface area contributed by atoms with Crippen molar-refractivity contribution in [3.05, 3.63) is 30.3 Å². The van der Waals surface area contributed by atoms with Gasteiger partial charge in [-0.05, 0) is 0 Å². The first-order valence-corrected chi connectivity index (χ1v) is 14.9. The van der Waals surface area contributed by atoms with Crippen LogP contribution in [0, 0.1) is 34.5 Å². The summed E-state index contributed by atoms with van der Waals surface area (Å²) in [5, 5.41) is 1.26. The Hall–Kier alpha value is -0.671. The average Bonchev–Trinajstić information content (AvgIpc) is 3.38. The van der Waals surface area contributed by atoms with Gasteiger partial charge in [-0.1, -0.05) is 0 Å². The van der Waals surface area contributed by atoms with Crippen molar-refractivity contribution in [1.29, 1.82) is 0 Å². The summed E-state index contributed by atoms with van der Waals surface area (Å²) in [6.07, 6.45) is 8.83. The van der Waals surface area contributed by atoms with Gasteiger partial charge in [0.2, 0.25) is 0 Å². The number of carbonyl (C=O) groups excluding carboxylic acids is 1. The van der Waals surface area contributed by atoms with Gasteiger partial charge in [-0.2, -0.15) is 0 Å². The van der Waals surface area contributed by atoms with Crippen molar-refractivity contribution in [3.8, 4) is 0 Å².